The second-order valence-corrected chi connectivity index (χ2v) is 6.27. The van der Waals surface area contributed by atoms with Crippen LogP contribution in [-0.2, 0) is 11.2 Å². The van der Waals surface area contributed by atoms with Crippen LogP contribution in [0.4, 0.5) is 5.69 Å². The van der Waals surface area contributed by atoms with Gasteiger partial charge in [0.15, 0.2) is 0 Å². The molecule has 20 heavy (non-hydrogen) atoms. The molecule has 1 aromatic carbocycles. The lowest BCUT2D eigenvalue weighted by Crippen LogP contribution is -2.31. The lowest BCUT2D eigenvalue weighted by atomic mass is 9.98. The summed E-state index contributed by atoms with van der Waals surface area (Å²) in [5.41, 5.74) is 8.32. The Labute approximate surface area is 127 Å². The van der Waals surface area contributed by atoms with Crippen molar-refractivity contribution in [1.29, 1.82) is 0 Å². The van der Waals surface area contributed by atoms with Crippen molar-refractivity contribution in [3.8, 4) is 0 Å². The molecule has 4 heteroatoms. The first-order chi connectivity index (χ1) is 9.58. The van der Waals surface area contributed by atoms with Gasteiger partial charge in [-0.15, -0.1) is 0 Å². The molecule has 1 saturated heterocycles. The Bertz CT molecular complexity index is 430. The summed E-state index contributed by atoms with van der Waals surface area (Å²) in [6, 6.07) is 6.24. The second kappa shape index (κ2) is 7.30. The molecule has 112 valence electrons. The molecule has 1 heterocycles. The van der Waals surface area contributed by atoms with E-state index in [-0.39, 0.29) is 6.04 Å². The van der Waals surface area contributed by atoms with Gasteiger partial charge in [0.2, 0.25) is 0 Å². The fourth-order valence-corrected chi connectivity index (χ4v) is 3.25. The third-order valence-electron chi connectivity index (χ3n) is 3.87. The topological polar surface area (TPSA) is 38.5 Å². The number of para-hydroxylation sites is 1. The highest BCUT2D eigenvalue weighted by Gasteiger charge is 2.19. The zero-order valence-corrected chi connectivity index (χ0v) is 13.2. The molecule has 2 N–H and O–H groups in total. The number of hydrogen-bond acceptors (Lipinski definition) is 3. The van der Waals surface area contributed by atoms with Crippen LogP contribution in [0.3, 0.4) is 0 Å². The summed E-state index contributed by atoms with van der Waals surface area (Å²) in [6.45, 7) is 4.82. The van der Waals surface area contributed by atoms with Gasteiger partial charge < -0.3 is 15.4 Å². The first kappa shape index (κ1) is 15.6. The van der Waals surface area contributed by atoms with Gasteiger partial charge in [0.1, 0.15) is 0 Å². The van der Waals surface area contributed by atoms with E-state index < -0.39 is 0 Å². The highest BCUT2D eigenvalue weighted by molar-refractivity contribution is 6.33. The lowest BCUT2D eigenvalue weighted by Gasteiger charge is -2.30. The maximum Gasteiger partial charge on any atom is 0.0642 e. The van der Waals surface area contributed by atoms with Gasteiger partial charge in [0.25, 0.3) is 0 Å². The number of halogens is 1. The van der Waals surface area contributed by atoms with Crippen LogP contribution in [0.2, 0.25) is 5.02 Å². The van der Waals surface area contributed by atoms with E-state index in [1.807, 2.05) is 19.1 Å². The van der Waals surface area contributed by atoms with Gasteiger partial charge in [0.05, 0.1) is 10.7 Å². The molecule has 1 fully saturated rings. The Balaban J connectivity index is 2.12. The van der Waals surface area contributed by atoms with Crippen LogP contribution in [0, 0.1) is 5.92 Å². The minimum Gasteiger partial charge on any atom is -0.381 e. The molecule has 1 aliphatic rings. The van der Waals surface area contributed by atoms with Gasteiger partial charge in [-0.3, -0.25) is 0 Å². The van der Waals surface area contributed by atoms with Gasteiger partial charge in [-0.2, -0.15) is 0 Å². The molecule has 0 amide bonds. The standard InChI is InChI=1S/C16H25ClN2O/c1-12(18)10-14-4-3-5-15(17)16(14)19(2)11-13-6-8-20-9-7-13/h3-5,12-13H,6-11,18H2,1-2H3. The number of ether oxygens (including phenoxy) is 1. The minimum atomic E-state index is 0.142. The van der Waals surface area contributed by atoms with Crippen molar-refractivity contribution >= 4 is 17.3 Å². The molecule has 0 aromatic heterocycles. The SMILES string of the molecule is CC(N)Cc1cccc(Cl)c1N(C)CC1CCOCC1. The van der Waals surface area contributed by atoms with Gasteiger partial charge in [-0.1, -0.05) is 23.7 Å². The Morgan fingerprint density at radius 1 is 1.40 bits per heavy atom. The van der Waals surface area contributed by atoms with Gasteiger partial charge in [-0.25, -0.2) is 0 Å². The average molecular weight is 297 g/mol. The zero-order chi connectivity index (χ0) is 14.5. The Hall–Kier alpha value is -0.770. The fourth-order valence-electron chi connectivity index (χ4n) is 2.91. The van der Waals surface area contributed by atoms with Crippen molar-refractivity contribution < 1.29 is 4.74 Å². The lowest BCUT2D eigenvalue weighted by molar-refractivity contribution is 0.0685. The number of benzene rings is 1. The maximum absolute atomic E-state index is 6.42. The van der Waals surface area contributed by atoms with Crippen LogP contribution in [-0.4, -0.2) is 32.8 Å². The molecule has 2 rings (SSSR count). The summed E-state index contributed by atoms with van der Waals surface area (Å²) < 4.78 is 5.43. The van der Waals surface area contributed by atoms with E-state index in [1.165, 1.54) is 5.56 Å². The minimum absolute atomic E-state index is 0.142. The molecule has 0 bridgehead atoms. The van der Waals surface area contributed by atoms with E-state index in [0.29, 0.717) is 5.92 Å². The van der Waals surface area contributed by atoms with E-state index in [0.717, 1.165) is 49.7 Å². The van der Waals surface area contributed by atoms with Crippen LogP contribution in [0.1, 0.15) is 25.3 Å². The number of rotatable bonds is 5. The van der Waals surface area contributed by atoms with Crippen molar-refractivity contribution in [3.63, 3.8) is 0 Å². The Morgan fingerprint density at radius 2 is 2.10 bits per heavy atom. The molecule has 0 radical (unpaired) electrons. The largest absolute Gasteiger partial charge is 0.381 e. The smallest absolute Gasteiger partial charge is 0.0642 e. The monoisotopic (exact) mass is 296 g/mol. The Morgan fingerprint density at radius 3 is 2.75 bits per heavy atom. The molecular formula is C16H25ClN2O. The third-order valence-corrected chi connectivity index (χ3v) is 4.17. The van der Waals surface area contributed by atoms with Gasteiger partial charge in [-0.05, 0) is 43.7 Å². The molecule has 1 aliphatic heterocycles. The number of anilines is 1. The third kappa shape index (κ3) is 4.11. The Kier molecular flexibility index (Phi) is 5.70. The highest BCUT2D eigenvalue weighted by Crippen LogP contribution is 2.31. The first-order valence-electron chi connectivity index (χ1n) is 7.39. The van der Waals surface area contributed by atoms with Gasteiger partial charge >= 0.3 is 0 Å². The van der Waals surface area contributed by atoms with E-state index in [4.69, 9.17) is 22.1 Å². The van der Waals surface area contributed by atoms with Crippen LogP contribution < -0.4 is 10.6 Å². The van der Waals surface area contributed by atoms with Crippen molar-refractivity contribution in [1.82, 2.24) is 0 Å². The zero-order valence-electron chi connectivity index (χ0n) is 12.4. The summed E-state index contributed by atoms with van der Waals surface area (Å²) >= 11 is 6.42. The van der Waals surface area contributed by atoms with Crippen LogP contribution in [0.5, 0.6) is 0 Å². The van der Waals surface area contributed by atoms with E-state index in [2.05, 4.69) is 18.0 Å². The molecule has 1 aromatic rings. The van der Waals surface area contributed by atoms with Crippen molar-refractivity contribution in [2.75, 3.05) is 31.7 Å². The van der Waals surface area contributed by atoms with E-state index >= 15 is 0 Å². The molecule has 0 aliphatic carbocycles. The maximum atomic E-state index is 6.42. The number of hydrogen-bond donors (Lipinski definition) is 1. The molecule has 1 unspecified atom stereocenters. The number of nitrogens with zero attached hydrogens (tertiary/aromatic N) is 1. The van der Waals surface area contributed by atoms with Crippen molar-refractivity contribution in [2.45, 2.75) is 32.2 Å². The molecule has 0 saturated carbocycles. The summed E-state index contributed by atoms with van der Waals surface area (Å²) in [5, 5.41) is 0.817. The number of nitrogens with two attached hydrogens (primary N) is 1. The molecule has 0 spiro atoms. The summed E-state index contributed by atoms with van der Waals surface area (Å²) in [6.07, 6.45) is 3.13. The van der Waals surface area contributed by atoms with Crippen molar-refractivity contribution in [3.05, 3.63) is 28.8 Å². The molecule has 3 nitrogen and oxygen atoms in total. The summed E-state index contributed by atoms with van der Waals surface area (Å²) in [5.74, 6) is 0.688. The molecular weight excluding hydrogens is 272 g/mol. The quantitative estimate of drug-likeness (QED) is 0.907. The van der Waals surface area contributed by atoms with Crippen LogP contribution in [0.15, 0.2) is 18.2 Å². The predicted octanol–water partition coefficient (Wildman–Crippen LogP) is 3.09. The fraction of sp³-hybridized carbons (Fsp3) is 0.625. The van der Waals surface area contributed by atoms with Gasteiger partial charge in [0, 0.05) is 32.8 Å². The normalized spacial score (nSPS) is 18.0. The van der Waals surface area contributed by atoms with Crippen LogP contribution in [0.25, 0.3) is 0 Å². The second-order valence-electron chi connectivity index (χ2n) is 5.87. The van der Waals surface area contributed by atoms with E-state index in [9.17, 15) is 0 Å². The van der Waals surface area contributed by atoms with E-state index in [1.54, 1.807) is 0 Å². The summed E-state index contributed by atoms with van der Waals surface area (Å²) in [4.78, 5) is 2.29. The summed E-state index contributed by atoms with van der Waals surface area (Å²) in [7, 11) is 2.13. The first-order valence-corrected chi connectivity index (χ1v) is 7.77. The predicted molar refractivity (Wildman–Crippen MR) is 85.6 cm³/mol. The highest BCUT2D eigenvalue weighted by atomic mass is 35.5. The van der Waals surface area contributed by atoms with Crippen molar-refractivity contribution in [2.24, 2.45) is 11.7 Å². The molecule has 1 atom stereocenters. The average Bonchev–Trinajstić information content (AvgIpc) is 2.39. The van der Waals surface area contributed by atoms with Crippen LogP contribution >= 0.6 is 11.6 Å².